The number of pyridine rings is 3. The van der Waals surface area contributed by atoms with Crippen LogP contribution in [-0.4, -0.2) is 44.9 Å². The number of methoxy groups -OCH3 is 1. The molecule has 0 atom stereocenters. The van der Waals surface area contributed by atoms with Crippen molar-refractivity contribution in [3.05, 3.63) is 54.0 Å². The lowest BCUT2D eigenvalue weighted by atomic mass is 10.1. The van der Waals surface area contributed by atoms with Crippen LogP contribution >= 0.6 is 0 Å². The number of aromatic nitrogens is 5. The van der Waals surface area contributed by atoms with E-state index in [2.05, 4.69) is 29.1 Å². The third-order valence-electron chi connectivity index (χ3n) is 5.31. The summed E-state index contributed by atoms with van der Waals surface area (Å²) < 4.78 is 28.5. The molecule has 8 heteroatoms. The summed E-state index contributed by atoms with van der Waals surface area (Å²) in [6.07, 6.45) is 4.00. The van der Waals surface area contributed by atoms with Gasteiger partial charge in [0.25, 0.3) is 0 Å². The first-order chi connectivity index (χ1) is 16.7. The Kier molecular flexibility index (Phi) is 5.96. The summed E-state index contributed by atoms with van der Waals surface area (Å²) in [5.41, 5.74) is 5.60. The first-order valence-electron chi connectivity index (χ1n) is 11.9. The quantitative estimate of drug-likeness (QED) is 0.392. The van der Waals surface area contributed by atoms with E-state index in [-0.39, 0.29) is 11.9 Å². The first-order valence-corrected chi connectivity index (χ1v) is 10.9. The van der Waals surface area contributed by atoms with Crippen LogP contribution < -0.4 is 14.8 Å². The first kappa shape index (κ1) is 20.0. The van der Waals surface area contributed by atoms with Gasteiger partial charge in [0.2, 0.25) is 11.8 Å². The average Bonchev–Trinajstić information content (AvgIpc) is 3.15. The number of aryl methyl sites for hydroxylation is 1. The Morgan fingerprint density at radius 1 is 1.15 bits per heavy atom. The van der Waals surface area contributed by atoms with Crippen molar-refractivity contribution in [3.63, 3.8) is 0 Å². The summed E-state index contributed by atoms with van der Waals surface area (Å²) in [4.78, 5) is 13.4. The highest BCUT2D eigenvalue weighted by Crippen LogP contribution is 2.34. The monoisotopic (exact) mass is 448 g/mol. The lowest BCUT2D eigenvalue weighted by Crippen LogP contribution is -2.10. The fraction of sp³-hybridized carbons (Fsp3) is 0.360. The van der Waals surface area contributed by atoms with Crippen molar-refractivity contribution in [2.45, 2.75) is 40.2 Å². The Bertz CT molecular complexity index is 1330. The average molecular weight is 449 g/mol. The maximum atomic E-state index is 7.84. The van der Waals surface area contributed by atoms with Gasteiger partial charge in [0.15, 0.2) is 0 Å². The summed E-state index contributed by atoms with van der Waals surface area (Å²) in [5, 5.41) is 8.29. The molecule has 0 saturated heterocycles. The number of ether oxygens (including phenoxy) is 2. The summed E-state index contributed by atoms with van der Waals surface area (Å²) in [6.45, 7) is 6.21. The van der Waals surface area contributed by atoms with E-state index < -0.39 is 6.56 Å². The largest absolute Gasteiger partial charge is 0.481 e. The fourth-order valence-electron chi connectivity index (χ4n) is 3.82. The number of hydrogen-bond donors (Lipinski definition) is 1. The van der Waals surface area contributed by atoms with Crippen molar-refractivity contribution >= 4 is 16.7 Å². The van der Waals surface area contributed by atoms with Gasteiger partial charge in [-0.25, -0.2) is 15.0 Å². The lowest BCUT2D eigenvalue weighted by molar-refractivity contribution is 0.328. The van der Waals surface area contributed by atoms with Crippen LogP contribution in [0.1, 0.15) is 40.8 Å². The zero-order valence-electron chi connectivity index (χ0n) is 21.6. The fourth-order valence-corrected chi connectivity index (χ4v) is 3.82. The van der Waals surface area contributed by atoms with Crippen molar-refractivity contribution in [1.82, 2.24) is 24.7 Å². The molecule has 0 aliphatic heterocycles. The molecule has 0 amide bonds. The maximum Gasteiger partial charge on any atom is 0.222 e. The molecule has 1 N–H and O–H groups in total. The van der Waals surface area contributed by atoms with Crippen LogP contribution in [0.4, 0.5) is 5.69 Å². The van der Waals surface area contributed by atoms with Gasteiger partial charge in [-0.05, 0) is 58.4 Å². The van der Waals surface area contributed by atoms with E-state index in [9.17, 15) is 0 Å². The molecule has 0 unspecified atom stereocenters. The highest BCUT2D eigenvalue weighted by atomic mass is 16.5. The van der Waals surface area contributed by atoms with E-state index in [1.54, 1.807) is 25.6 Å². The molecule has 0 aromatic carbocycles. The van der Waals surface area contributed by atoms with Crippen LogP contribution in [0.2, 0.25) is 0 Å². The van der Waals surface area contributed by atoms with E-state index in [0.717, 1.165) is 28.0 Å². The summed E-state index contributed by atoms with van der Waals surface area (Å²) >= 11 is 0. The SMILES string of the molecule is [2H]C([2H])(C)Oc1ncccc1-c1cc(NCCc2cccnc2OC)c2c(n1)c(C)nn2C(C)C. The minimum atomic E-state index is -1.88. The van der Waals surface area contributed by atoms with Crippen molar-refractivity contribution in [1.29, 1.82) is 0 Å². The van der Waals surface area contributed by atoms with Gasteiger partial charge < -0.3 is 14.8 Å². The maximum absolute atomic E-state index is 7.84. The molecule has 33 heavy (non-hydrogen) atoms. The molecule has 0 fully saturated rings. The Morgan fingerprint density at radius 3 is 2.64 bits per heavy atom. The molecule has 0 saturated carbocycles. The van der Waals surface area contributed by atoms with E-state index in [4.69, 9.17) is 22.3 Å². The molecule has 4 aromatic rings. The standard InChI is InChI=1S/C25H30N6O2/c1-6-33-25-19(10-8-13-28-25)20-15-21(23-22(29-20)17(4)30-31(23)16(2)3)26-14-11-18-9-7-12-27-24(18)32-5/h7-10,12-13,15-16H,6,11,14H2,1-5H3,(H,26,29)/i6D2. The molecule has 0 aliphatic carbocycles. The number of nitrogens with zero attached hydrogens (tertiary/aromatic N) is 5. The minimum absolute atomic E-state index is 0.141. The van der Waals surface area contributed by atoms with Gasteiger partial charge in [-0.2, -0.15) is 5.10 Å². The second-order valence-corrected chi connectivity index (χ2v) is 7.89. The van der Waals surface area contributed by atoms with Gasteiger partial charge in [0.05, 0.1) is 39.0 Å². The molecule has 4 heterocycles. The number of fused-ring (bicyclic) bond motifs is 1. The third kappa shape index (κ3) is 4.60. The highest BCUT2D eigenvalue weighted by Gasteiger charge is 2.19. The molecule has 4 aromatic heterocycles. The van der Waals surface area contributed by atoms with Gasteiger partial charge in [0, 0.05) is 30.5 Å². The van der Waals surface area contributed by atoms with Crippen molar-refractivity contribution in [2.24, 2.45) is 0 Å². The van der Waals surface area contributed by atoms with E-state index >= 15 is 0 Å². The van der Waals surface area contributed by atoms with Crippen molar-refractivity contribution in [2.75, 3.05) is 25.5 Å². The smallest absolute Gasteiger partial charge is 0.222 e. The van der Waals surface area contributed by atoms with Gasteiger partial charge in [0.1, 0.15) is 11.0 Å². The summed E-state index contributed by atoms with van der Waals surface area (Å²) in [5.74, 6) is 0.802. The molecule has 0 radical (unpaired) electrons. The van der Waals surface area contributed by atoms with Gasteiger partial charge in [-0.15, -0.1) is 0 Å². The minimum Gasteiger partial charge on any atom is -0.481 e. The lowest BCUT2D eigenvalue weighted by Gasteiger charge is -2.15. The molecule has 8 nitrogen and oxygen atoms in total. The van der Waals surface area contributed by atoms with Crippen LogP contribution in [-0.2, 0) is 6.42 Å². The topological polar surface area (TPSA) is 87.0 Å². The Morgan fingerprint density at radius 2 is 1.91 bits per heavy atom. The second-order valence-electron chi connectivity index (χ2n) is 7.89. The van der Waals surface area contributed by atoms with Crippen LogP contribution in [0.5, 0.6) is 11.8 Å². The number of nitrogens with one attached hydrogen (secondary N) is 1. The summed E-state index contributed by atoms with van der Waals surface area (Å²) in [6, 6.07) is 9.59. The van der Waals surface area contributed by atoms with Gasteiger partial charge >= 0.3 is 0 Å². The zero-order chi connectivity index (χ0) is 25.2. The predicted molar refractivity (Wildman–Crippen MR) is 130 cm³/mol. The third-order valence-corrected chi connectivity index (χ3v) is 5.31. The molecule has 0 spiro atoms. The zero-order valence-corrected chi connectivity index (χ0v) is 19.6. The van der Waals surface area contributed by atoms with Crippen molar-refractivity contribution < 1.29 is 12.2 Å². The van der Waals surface area contributed by atoms with E-state index in [1.165, 1.54) is 6.92 Å². The molecular formula is C25H30N6O2. The molecular weight excluding hydrogens is 416 g/mol. The Labute approximate surface area is 196 Å². The second kappa shape index (κ2) is 9.85. The number of anilines is 1. The van der Waals surface area contributed by atoms with Gasteiger partial charge in [-0.1, -0.05) is 6.07 Å². The van der Waals surface area contributed by atoms with E-state index in [1.807, 2.05) is 35.9 Å². The van der Waals surface area contributed by atoms with Crippen LogP contribution in [0.25, 0.3) is 22.3 Å². The molecule has 172 valence electrons. The highest BCUT2D eigenvalue weighted by molar-refractivity contribution is 5.93. The molecule has 0 aliphatic rings. The molecule has 0 bridgehead atoms. The number of hydrogen-bond acceptors (Lipinski definition) is 7. The van der Waals surface area contributed by atoms with Crippen LogP contribution in [0.15, 0.2) is 42.7 Å². The van der Waals surface area contributed by atoms with Gasteiger partial charge in [-0.3, -0.25) is 4.68 Å². The van der Waals surface area contributed by atoms with E-state index in [0.29, 0.717) is 30.1 Å². The number of rotatable bonds is 9. The predicted octanol–water partition coefficient (Wildman–Crippen LogP) is 4.84. The normalized spacial score (nSPS) is 12.5. The van der Waals surface area contributed by atoms with Crippen LogP contribution in [0.3, 0.4) is 0 Å². The molecule has 4 rings (SSSR count). The Balaban J connectivity index is 1.77. The van der Waals surface area contributed by atoms with Crippen molar-refractivity contribution in [3.8, 4) is 23.0 Å². The van der Waals surface area contributed by atoms with Crippen LogP contribution in [0, 0.1) is 6.92 Å². The summed E-state index contributed by atoms with van der Waals surface area (Å²) in [7, 11) is 1.62. The Hall–Kier alpha value is -3.68.